The van der Waals surface area contributed by atoms with Crippen molar-refractivity contribution in [2.75, 3.05) is 10.6 Å². The van der Waals surface area contributed by atoms with Gasteiger partial charge in [-0.3, -0.25) is 5.32 Å². The van der Waals surface area contributed by atoms with Crippen molar-refractivity contribution in [3.05, 3.63) is 47.9 Å². The number of benzene rings is 1. The number of anilines is 2. The van der Waals surface area contributed by atoms with E-state index in [0.717, 1.165) is 17.2 Å². The van der Waals surface area contributed by atoms with Crippen LogP contribution in [0.4, 0.5) is 16.2 Å². The van der Waals surface area contributed by atoms with Gasteiger partial charge in [0, 0.05) is 0 Å². The summed E-state index contributed by atoms with van der Waals surface area (Å²) in [5.74, 6) is 1.71. The first-order valence-electron chi connectivity index (χ1n) is 7.66. The molecule has 1 aromatic heterocycles. The average molecular weight is 316 g/mol. The minimum atomic E-state index is -0.536. The number of nitrogens with one attached hydrogen (secondary N) is 2. The monoisotopic (exact) mass is 316 g/mol. The Morgan fingerprint density at radius 2 is 1.78 bits per heavy atom. The van der Waals surface area contributed by atoms with E-state index in [4.69, 9.17) is 9.15 Å². The van der Waals surface area contributed by atoms with E-state index < -0.39 is 11.7 Å². The van der Waals surface area contributed by atoms with Gasteiger partial charge < -0.3 is 14.5 Å². The largest absolute Gasteiger partial charge is 0.464 e. The first-order valence-corrected chi connectivity index (χ1v) is 7.66. The number of furan rings is 1. The summed E-state index contributed by atoms with van der Waals surface area (Å²) in [6.07, 6.45) is -0.478. The van der Waals surface area contributed by atoms with Crippen LogP contribution >= 0.6 is 0 Å². The maximum atomic E-state index is 12.0. The fourth-order valence-electron chi connectivity index (χ4n) is 2.12. The van der Waals surface area contributed by atoms with Gasteiger partial charge in [0.15, 0.2) is 0 Å². The van der Waals surface area contributed by atoms with Crippen LogP contribution in [-0.2, 0) is 4.74 Å². The predicted molar refractivity (Wildman–Crippen MR) is 91.8 cm³/mol. The number of carbonyl (C=O) groups is 1. The first kappa shape index (κ1) is 16.9. The molecule has 0 fully saturated rings. The molecule has 23 heavy (non-hydrogen) atoms. The van der Waals surface area contributed by atoms with E-state index in [2.05, 4.69) is 10.6 Å². The fourth-order valence-corrected chi connectivity index (χ4v) is 2.12. The Balaban J connectivity index is 2.09. The molecule has 0 aliphatic rings. The fraction of sp³-hybridized carbons (Fsp3) is 0.389. The lowest BCUT2D eigenvalue weighted by Crippen LogP contribution is -2.27. The molecule has 0 saturated heterocycles. The molecule has 0 radical (unpaired) electrons. The smallest absolute Gasteiger partial charge is 0.412 e. The maximum Gasteiger partial charge on any atom is 0.412 e. The van der Waals surface area contributed by atoms with Crippen molar-refractivity contribution < 1.29 is 13.9 Å². The third-order valence-corrected chi connectivity index (χ3v) is 3.12. The lowest BCUT2D eigenvalue weighted by Gasteiger charge is -2.21. The molecule has 5 nitrogen and oxygen atoms in total. The molecule has 2 rings (SSSR count). The van der Waals surface area contributed by atoms with Crippen LogP contribution in [0.25, 0.3) is 0 Å². The molecule has 1 atom stereocenters. The van der Waals surface area contributed by atoms with Crippen molar-refractivity contribution in [1.82, 2.24) is 0 Å². The van der Waals surface area contributed by atoms with Gasteiger partial charge in [0.25, 0.3) is 0 Å². The summed E-state index contributed by atoms with van der Waals surface area (Å²) >= 11 is 0. The zero-order chi connectivity index (χ0) is 17.0. The lowest BCUT2D eigenvalue weighted by atomic mass is 10.2. The molecule has 0 aliphatic carbocycles. The van der Waals surface area contributed by atoms with Crippen LogP contribution in [0.15, 0.2) is 40.8 Å². The zero-order valence-electron chi connectivity index (χ0n) is 14.3. The Morgan fingerprint density at radius 1 is 1.13 bits per heavy atom. The molecule has 2 aromatic rings. The Hall–Kier alpha value is -2.43. The van der Waals surface area contributed by atoms with E-state index in [1.807, 2.05) is 71.0 Å². The molecule has 2 N–H and O–H groups in total. The summed E-state index contributed by atoms with van der Waals surface area (Å²) in [6.45, 7) is 9.41. The highest BCUT2D eigenvalue weighted by atomic mass is 16.6. The van der Waals surface area contributed by atoms with Crippen molar-refractivity contribution in [3.63, 3.8) is 0 Å². The molecular weight excluding hydrogens is 292 g/mol. The summed E-state index contributed by atoms with van der Waals surface area (Å²) in [7, 11) is 0. The molecule has 1 amide bonds. The average Bonchev–Trinajstić information content (AvgIpc) is 2.85. The van der Waals surface area contributed by atoms with E-state index in [9.17, 15) is 4.79 Å². The third kappa shape index (κ3) is 5.06. The second-order valence-corrected chi connectivity index (χ2v) is 6.49. The molecule has 1 heterocycles. The number of rotatable bonds is 4. The number of ether oxygens (including phenoxy) is 1. The molecule has 0 spiro atoms. The Kier molecular flexibility index (Phi) is 4.98. The third-order valence-electron chi connectivity index (χ3n) is 3.12. The van der Waals surface area contributed by atoms with Gasteiger partial charge in [-0.2, -0.15) is 0 Å². The topological polar surface area (TPSA) is 63.5 Å². The lowest BCUT2D eigenvalue weighted by molar-refractivity contribution is 0.0636. The van der Waals surface area contributed by atoms with Gasteiger partial charge in [0.1, 0.15) is 17.1 Å². The second-order valence-electron chi connectivity index (χ2n) is 6.49. The normalized spacial score (nSPS) is 12.6. The molecule has 124 valence electrons. The van der Waals surface area contributed by atoms with Crippen molar-refractivity contribution >= 4 is 17.5 Å². The number of amides is 1. The molecule has 0 aliphatic heterocycles. The zero-order valence-corrected chi connectivity index (χ0v) is 14.3. The van der Waals surface area contributed by atoms with Crippen LogP contribution < -0.4 is 10.6 Å². The van der Waals surface area contributed by atoms with Gasteiger partial charge >= 0.3 is 6.09 Å². The van der Waals surface area contributed by atoms with Gasteiger partial charge in [0.2, 0.25) is 0 Å². The van der Waals surface area contributed by atoms with E-state index >= 15 is 0 Å². The Morgan fingerprint density at radius 3 is 2.35 bits per heavy atom. The van der Waals surface area contributed by atoms with Gasteiger partial charge in [-0.1, -0.05) is 12.1 Å². The van der Waals surface area contributed by atoms with Gasteiger partial charge in [-0.15, -0.1) is 0 Å². The van der Waals surface area contributed by atoms with Crippen LogP contribution in [0.3, 0.4) is 0 Å². The minimum Gasteiger partial charge on any atom is -0.464 e. The number of carbonyl (C=O) groups excluding carboxylic acids is 1. The number of para-hydroxylation sites is 2. The molecule has 1 aromatic carbocycles. The van der Waals surface area contributed by atoms with Crippen LogP contribution in [0.1, 0.15) is 45.3 Å². The quantitative estimate of drug-likeness (QED) is 0.823. The highest BCUT2D eigenvalue weighted by Gasteiger charge is 2.18. The van der Waals surface area contributed by atoms with E-state index in [0.29, 0.717) is 5.69 Å². The number of aryl methyl sites for hydroxylation is 1. The molecule has 0 saturated carbocycles. The molecule has 5 heteroatoms. The summed E-state index contributed by atoms with van der Waals surface area (Å²) < 4.78 is 10.9. The van der Waals surface area contributed by atoms with Gasteiger partial charge in [-0.25, -0.2) is 4.79 Å². The summed E-state index contributed by atoms with van der Waals surface area (Å²) in [5, 5.41) is 6.12. The number of hydrogen-bond donors (Lipinski definition) is 2. The van der Waals surface area contributed by atoms with Crippen molar-refractivity contribution in [3.8, 4) is 0 Å². The van der Waals surface area contributed by atoms with Crippen molar-refractivity contribution in [2.24, 2.45) is 0 Å². The maximum absolute atomic E-state index is 12.0. The van der Waals surface area contributed by atoms with Crippen LogP contribution in [0.5, 0.6) is 0 Å². The Bertz CT molecular complexity index is 671. The second kappa shape index (κ2) is 6.77. The van der Waals surface area contributed by atoms with E-state index in [1.165, 1.54) is 0 Å². The van der Waals surface area contributed by atoms with Crippen molar-refractivity contribution in [2.45, 2.75) is 46.3 Å². The molecular formula is C18H24N2O3. The minimum absolute atomic E-state index is 0.0229. The number of hydrogen-bond acceptors (Lipinski definition) is 4. The van der Waals surface area contributed by atoms with Gasteiger partial charge in [0.05, 0.1) is 17.4 Å². The summed E-state index contributed by atoms with van der Waals surface area (Å²) in [4.78, 5) is 12.0. The highest BCUT2D eigenvalue weighted by molar-refractivity contribution is 5.89. The predicted octanol–water partition coefficient (Wildman–Crippen LogP) is 5.11. The highest BCUT2D eigenvalue weighted by Crippen LogP contribution is 2.27. The van der Waals surface area contributed by atoms with E-state index in [1.54, 1.807) is 0 Å². The summed E-state index contributed by atoms with van der Waals surface area (Å²) in [5.41, 5.74) is 0.933. The van der Waals surface area contributed by atoms with Crippen LogP contribution in [0.2, 0.25) is 0 Å². The van der Waals surface area contributed by atoms with E-state index in [-0.39, 0.29) is 6.04 Å². The van der Waals surface area contributed by atoms with Gasteiger partial charge in [-0.05, 0) is 58.9 Å². The van der Waals surface area contributed by atoms with Crippen LogP contribution in [-0.4, -0.2) is 11.7 Å². The Labute approximate surface area is 137 Å². The first-order chi connectivity index (χ1) is 10.7. The standard InChI is InChI=1S/C18H24N2O3/c1-12-10-11-16(22-12)13(2)19-14-8-6-7-9-15(14)20-17(21)23-18(3,4)5/h6-11,13,19H,1-5H3,(H,20,21). The van der Waals surface area contributed by atoms with Crippen molar-refractivity contribution in [1.29, 1.82) is 0 Å². The molecule has 1 unspecified atom stereocenters. The van der Waals surface area contributed by atoms with Crippen LogP contribution in [0, 0.1) is 6.92 Å². The molecule has 0 bridgehead atoms. The SMILES string of the molecule is Cc1ccc(C(C)Nc2ccccc2NC(=O)OC(C)(C)C)o1. The summed E-state index contributed by atoms with van der Waals surface area (Å²) in [6, 6.07) is 11.3.